The van der Waals surface area contributed by atoms with Gasteiger partial charge in [0.15, 0.2) is 0 Å². The number of nitrogens with zero attached hydrogens (tertiary/aromatic N) is 1. The van der Waals surface area contributed by atoms with Crippen LogP contribution in [0.5, 0.6) is 5.75 Å². The number of para-hydroxylation sites is 1. The van der Waals surface area contributed by atoms with Crippen LogP contribution in [0, 0.1) is 6.92 Å². The van der Waals surface area contributed by atoms with E-state index in [1.165, 1.54) is 5.56 Å². The van der Waals surface area contributed by atoms with Gasteiger partial charge in [0.25, 0.3) is 0 Å². The third-order valence-corrected chi connectivity index (χ3v) is 5.36. The van der Waals surface area contributed by atoms with E-state index in [9.17, 15) is 0 Å². The Labute approximate surface area is 176 Å². The molecule has 4 aromatic rings. The predicted molar refractivity (Wildman–Crippen MR) is 120 cm³/mol. The largest absolute Gasteiger partial charge is 0.497 e. The zero-order chi connectivity index (χ0) is 20.2. The van der Waals surface area contributed by atoms with E-state index < -0.39 is 0 Å². The summed E-state index contributed by atoms with van der Waals surface area (Å²) in [5, 5.41) is 5.39. The Morgan fingerprint density at radius 2 is 1.76 bits per heavy atom. The van der Waals surface area contributed by atoms with Crippen LogP contribution in [0.4, 0.5) is 0 Å². The Balaban J connectivity index is 1.68. The monoisotopic (exact) mass is 402 g/mol. The second-order valence-electron chi connectivity index (χ2n) is 7.08. The fourth-order valence-electron chi connectivity index (χ4n) is 3.54. The standard InChI is InChI=1S/C25H23ClN2O/c1-17-7-5-9-19-14-20(16-27-15-18-8-6-10-21(13-18)29-2)25(28-24(17)19)22-11-3-4-12-23(22)26/h3-14,27H,15-16H2,1-2H3. The van der Waals surface area contributed by atoms with Gasteiger partial charge in [-0.1, -0.05) is 60.1 Å². The summed E-state index contributed by atoms with van der Waals surface area (Å²) in [4.78, 5) is 5.01. The molecule has 1 heterocycles. The zero-order valence-corrected chi connectivity index (χ0v) is 17.3. The number of fused-ring (bicyclic) bond motifs is 1. The van der Waals surface area contributed by atoms with E-state index in [1.807, 2.05) is 42.5 Å². The van der Waals surface area contributed by atoms with Gasteiger partial charge in [-0.05, 0) is 47.9 Å². The Kier molecular flexibility index (Phi) is 5.79. The van der Waals surface area contributed by atoms with Crippen molar-refractivity contribution in [2.24, 2.45) is 0 Å². The lowest BCUT2D eigenvalue weighted by Gasteiger charge is -2.14. The smallest absolute Gasteiger partial charge is 0.119 e. The van der Waals surface area contributed by atoms with Gasteiger partial charge in [0.05, 0.1) is 18.3 Å². The zero-order valence-electron chi connectivity index (χ0n) is 16.6. The number of aryl methyl sites for hydroxylation is 1. The van der Waals surface area contributed by atoms with Crippen LogP contribution in [-0.4, -0.2) is 12.1 Å². The molecule has 3 nitrogen and oxygen atoms in total. The molecule has 0 radical (unpaired) electrons. The molecule has 0 aliphatic heterocycles. The topological polar surface area (TPSA) is 34.1 Å². The first kappa shape index (κ1) is 19.4. The summed E-state index contributed by atoms with van der Waals surface area (Å²) in [5.74, 6) is 0.865. The first-order chi connectivity index (χ1) is 14.2. The van der Waals surface area contributed by atoms with Gasteiger partial charge in [-0.2, -0.15) is 0 Å². The molecule has 0 aliphatic carbocycles. The number of pyridine rings is 1. The Morgan fingerprint density at radius 1 is 0.931 bits per heavy atom. The molecule has 0 saturated heterocycles. The summed E-state index contributed by atoms with van der Waals surface area (Å²) in [6.07, 6.45) is 0. The van der Waals surface area contributed by atoms with Crippen LogP contribution in [-0.2, 0) is 13.1 Å². The fraction of sp³-hybridized carbons (Fsp3) is 0.160. The van der Waals surface area contributed by atoms with Crippen molar-refractivity contribution in [3.8, 4) is 17.0 Å². The number of nitrogens with one attached hydrogen (secondary N) is 1. The van der Waals surface area contributed by atoms with Gasteiger partial charge in [0, 0.05) is 29.1 Å². The lowest BCUT2D eigenvalue weighted by atomic mass is 10.0. The fourth-order valence-corrected chi connectivity index (χ4v) is 3.76. The molecular weight excluding hydrogens is 380 g/mol. The molecule has 0 fully saturated rings. The molecule has 0 unspecified atom stereocenters. The van der Waals surface area contributed by atoms with Gasteiger partial charge in [-0.25, -0.2) is 4.98 Å². The summed E-state index contributed by atoms with van der Waals surface area (Å²) in [6.45, 7) is 3.52. The Morgan fingerprint density at radius 3 is 2.59 bits per heavy atom. The van der Waals surface area contributed by atoms with E-state index in [-0.39, 0.29) is 0 Å². The van der Waals surface area contributed by atoms with E-state index in [2.05, 4.69) is 42.6 Å². The summed E-state index contributed by atoms with van der Waals surface area (Å²) in [6, 6.07) is 24.5. The van der Waals surface area contributed by atoms with Gasteiger partial charge in [-0.15, -0.1) is 0 Å². The van der Waals surface area contributed by atoms with E-state index in [1.54, 1.807) is 7.11 Å². The summed E-state index contributed by atoms with van der Waals surface area (Å²) in [5.41, 5.74) is 6.35. The van der Waals surface area contributed by atoms with E-state index >= 15 is 0 Å². The third-order valence-electron chi connectivity index (χ3n) is 5.03. The highest BCUT2D eigenvalue weighted by Gasteiger charge is 2.13. The molecule has 0 spiro atoms. The molecular formula is C25H23ClN2O. The number of hydrogen-bond acceptors (Lipinski definition) is 3. The number of methoxy groups -OCH3 is 1. The van der Waals surface area contributed by atoms with Crippen molar-refractivity contribution in [1.29, 1.82) is 0 Å². The molecule has 0 atom stereocenters. The first-order valence-electron chi connectivity index (χ1n) is 9.63. The number of halogens is 1. The average molecular weight is 403 g/mol. The van der Waals surface area contributed by atoms with Gasteiger partial charge in [0.2, 0.25) is 0 Å². The van der Waals surface area contributed by atoms with Gasteiger partial charge in [0.1, 0.15) is 5.75 Å². The van der Waals surface area contributed by atoms with E-state index in [4.69, 9.17) is 21.3 Å². The molecule has 0 aliphatic rings. The van der Waals surface area contributed by atoms with Crippen LogP contribution in [0.25, 0.3) is 22.2 Å². The highest BCUT2D eigenvalue weighted by Crippen LogP contribution is 2.31. The van der Waals surface area contributed by atoms with Crippen molar-refractivity contribution >= 4 is 22.5 Å². The van der Waals surface area contributed by atoms with Crippen molar-refractivity contribution in [1.82, 2.24) is 10.3 Å². The van der Waals surface area contributed by atoms with E-state index in [0.29, 0.717) is 11.6 Å². The van der Waals surface area contributed by atoms with Gasteiger partial charge >= 0.3 is 0 Å². The molecule has 0 amide bonds. The van der Waals surface area contributed by atoms with Crippen LogP contribution in [0.1, 0.15) is 16.7 Å². The minimum absolute atomic E-state index is 0.689. The van der Waals surface area contributed by atoms with Crippen molar-refractivity contribution in [3.05, 3.63) is 94.5 Å². The summed E-state index contributed by atoms with van der Waals surface area (Å²) < 4.78 is 5.32. The third kappa shape index (κ3) is 4.26. The molecule has 1 aromatic heterocycles. The molecule has 0 saturated carbocycles. The molecule has 146 valence electrons. The van der Waals surface area contributed by atoms with Crippen LogP contribution >= 0.6 is 11.6 Å². The maximum atomic E-state index is 6.51. The summed E-state index contributed by atoms with van der Waals surface area (Å²) >= 11 is 6.51. The minimum atomic E-state index is 0.689. The molecule has 0 bridgehead atoms. The van der Waals surface area contributed by atoms with Crippen molar-refractivity contribution in [2.75, 3.05) is 7.11 Å². The van der Waals surface area contributed by atoms with Gasteiger partial charge in [-0.3, -0.25) is 0 Å². The average Bonchev–Trinajstić information content (AvgIpc) is 2.74. The van der Waals surface area contributed by atoms with Crippen molar-refractivity contribution < 1.29 is 4.74 Å². The highest BCUT2D eigenvalue weighted by molar-refractivity contribution is 6.33. The lowest BCUT2D eigenvalue weighted by molar-refractivity contribution is 0.414. The second kappa shape index (κ2) is 8.64. The summed E-state index contributed by atoms with van der Waals surface area (Å²) in [7, 11) is 1.69. The Hall–Kier alpha value is -2.88. The molecule has 3 aromatic carbocycles. The van der Waals surface area contributed by atoms with Crippen LogP contribution in [0.15, 0.2) is 72.8 Å². The molecule has 29 heavy (non-hydrogen) atoms. The quantitative estimate of drug-likeness (QED) is 0.419. The number of benzene rings is 3. The second-order valence-corrected chi connectivity index (χ2v) is 7.48. The number of rotatable bonds is 6. The van der Waals surface area contributed by atoms with Crippen LogP contribution in [0.3, 0.4) is 0 Å². The predicted octanol–water partition coefficient (Wildman–Crippen LogP) is 6.16. The number of hydrogen-bond donors (Lipinski definition) is 1. The van der Waals surface area contributed by atoms with Crippen molar-refractivity contribution in [3.63, 3.8) is 0 Å². The normalized spacial score (nSPS) is 11.0. The van der Waals surface area contributed by atoms with E-state index in [0.717, 1.165) is 45.6 Å². The lowest BCUT2D eigenvalue weighted by Crippen LogP contribution is -2.14. The minimum Gasteiger partial charge on any atom is -0.497 e. The number of ether oxygens (including phenoxy) is 1. The van der Waals surface area contributed by atoms with Gasteiger partial charge < -0.3 is 10.1 Å². The maximum absolute atomic E-state index is 6.51. The van der Waals surface area contributed by atoms with Crippen LogP contribution in [0.2, 0.25) is 5.02 Å². The highest BCUT2D eigenvalue weighted by atomic mass is 35.5. The molecule has 4 rings (SSSR count). The Bertz CT molecular complexity index is 1160. The SMILES string of the molecule is COc1cccc(CNCc2cc3cccc(C)c3nc2-c2ccccc2Cl)c1. The van der Waals surface area contributed by atoms with Crippen molar-refractivity contribution in [2.45, 2.75) is 20.0 Å². The maximum Gasteiger partial charge on any atom is 0.119 e. The first-order valence-corrected chi connectivity index (χ1v) is 10.0. The molecule has 1 N–H and O–H groups in total. The molecule has 4 heteroatoms. The van der Waals surface area contributed by atoms with Crippen LogP contribution < -0.4 is 10.1 Å². The number of aromatic nitrogens is 1.